The van der Waals surface area contributed by atoms with Crippen LogP contribution in [0, 0.1) is 5.82 Å². The van der Waals surface area contributed by atoms with Crippen LogP contribution in [0.2, 0.25) is 0 Å². The van der Waals surface area contributed by atoms with Crippen LogP contribution in [0.4, 0.5) is 15.9 Å². The fourth-order valence-electron chi connectivity index (χ4n) is 2.34. The van der Waals surface area contributed by atoms with E-state index in [1.54, 1.807) is 18.2 Å². The van der Waals surface area contributed by atoms with Crippen molar-refractivity contribution in [3.63, 3.8) is 0 Å². The minimum absolute atomic E-state index is 0.278. The van der Waals surface area contributed by atoms with E-state index < -0.39 is 5.82 Å². The molecule has 0 saturated heterocycles. The molecule has 0 radical (unpaired) electrons. The molecule has 0 fully saturated rings. The van der Waals surface area contributed by atoms with Gasteiger partial charge in [0.2, 0.25) is 0 Å². The normalized spacial score (nSPS) is 10.3. The number of halogens is 1. The average Bonchev–Trinajstić information content (AvgIpc) is 2.68. The van der Waals surface area contributed by atoms with E-state index in [2.05, 4.69) is 30.6 Å². The monoisotopic (exact) mass is 354 g/mol. The third kappa shape index (κ3) is 3.41. The van der Waals surface area contributed by atoms with Crippen LogP contribution in [-0.4, -0.2) is 40.0 Å². The maximum absolute atomic E-state index is 13.1. The second kappa shape index (κ2) is 7.51. The summed E-state index contributed by atoms with van der Waals surface area (Å²) in [6.45, 7) is 0. The van der Waals surface area contributed by atoms with Crippen LogP contribution in [0.3, 0.4) is 0 Å². The van der Waals surface area contributed by atoms with Crippen LogP contribution in [0.1, 0.15) is 10.4 Å². The number of hydrogen-bond donors (Lipinski definition) is 2. The smallest absolute Gasteiger partial charge is 0.256 e. The molecule has 0 unspecified atom stereocenters. The number of amides is 1. The number of benzene rings is 1. The van der Waals surface area contributed by atoms with Crippen LogP contribution < -0.4 is 15.4 Å². The van der Waals surface area contributed by atoms with Gasteiger partial charge in [0.05, 0.1) is 30.8 Å². The maximum Gasteiger partial charge on any atom is 0.256 e. The summed E-state index contributed by atoms with van der Waals surface area (Å²) in [7, 11) is 3.01. The summed E-state index contributed by atoms with van der Waals surface area (Å²) in [5.41, 5.74) is 1.38. The molecule has 26 heavy (non-hydrogen) atoms. The molecule has 0 saturated carbocycles. The quantitative estimate of drug-likeness (QED) is 0.724. The summed E-state index contributed by atoms with van der Waals surface area (Å²) in [6.07, 6.45) is 4.90. The number of para-hydroxylation sites is 1. The highest BCUT2D eigenvalue weighted by molar-refractivity contribution is 5.99. The molecule has 132 valence electrons. The van der Waals surface area contributed by atoms with E-state index in [9.17, 15) is 9.18 Å². The predicted molar refractivity (Wildman–Crippen MR) is 92.7 cm³/mol. The van der Waals surface area contributed by atoms with Gasteiger partial charge in [-0.25, -0.2) is 24.3 Å². The zero-order valence-corrected chi connectivity index (χ0v) is 14.0. The first kappa shape index (κ1) is 17.2. The Morgan fingerprint density at radius 2 is 1.92 bits per heavy atom. The van der Waals surface area contributed by atoms with Gasteiger partial charge in [0.15, 0.2) is 17.4 Å². The van der Waals surface area contributed by atoms with E-state index >= 15 is 0 Å². The summed E-state index contributed by atoms with van der Waals surface area (Å²) < 4.78 is 18.6. The van der Waals surface area contributed by atoms with E-state index in [1.807, 2.05) is 0 Å². The molecule has 0 bridgehead atoms. The van der Waals surface area contributed by atoms with E-state index in [1.165, 1.54) is 26.7 Å². The highest BCUT2D eigenvalue weighted by atomic mass is 19.1. The van der Waals surface area contributed by atoms with Gasteiger partial charge in [-0.15, -0.1) is 0 Å². The van der Waals surface area contributed by atoms with Gasteiger partial charge < -0.3 is 15.4 Å². The lowest BCUT2D eigenvalue weighted by Gasteiger charge is -2.15. The molecule has 2 aromatic heterocycles. The Bertz CT molecular complexity index is 933. The molecule has 1 amide bonds. The molecule has 2 heterocycles. The Balaban J connectivity index is 2.03. The van der Waals surface area contributed by atoms with E-state index in [0.29, 0.717) is 28.6 Å². The van der Waals surface area contributed by atoms with Crippen LogP contribution >= 0.6 is 0 Å². The first-order valence-electron chi connectivity index (χ1n) is 7.58. The van der Waals surface area contributed by atoms with E-state index in [4.69, 9.17) is 4.74 Å². The number of rotatable bonds is 5. The first-order valence-corrected chi connectivity index (χ1v) is 7.58. The standard InChI is InChI=1S/C17H15FN6O2/c1-19-17(25)12-8-20-9-23-16(12)24-13-5-3-4-11(14(13)26-2)15-21-6-10(18)7-22-15/h3-9H,1-2H3,(H,19,25)(H,20,23,24). The molecule has 8 nitrogen and oxygen atoms in total. The minimum Gasteiger partial charge on any atom is -0.494 e. The Morgan fingerprint density at radius 3 is 2.62 bits per heavy atom. The lowest BCUT2D eigenvalue weighted by molar-refractivity contribution is 0.0963. The second-order valence-corrected chi connectivity index (χ2v) is 5.10. The predicted octanol–water partition coefficient (Wildman–Crippen LogP) is 2.18. The van der Waals surface area contributed by atoms with Crippen molar-refractivity contribution < 1.29 is 13.9 Å². The van der Waals surface area contributed by atoms with Gasteiger partial charge in [-0.2, -0.15) is 0 Å². The topological polar surface area (TPSA) is 102 Å². The summed E-state index contributed by atoms with van der Waals surface area (Å²) in [5, 5.41) is 5.60. The summed E-state index contributed by atoms with van der Waals surface area (Å²) in [6, 6.07) is 5.26. The van der Waals surface area contributed by atoms with Gasteiger partial charge in [0, 0.05) is 13.2 Å². The molecule has 9 heteroatoms. The minimum atomic E-state index is -0.529. The van der Waals surface area contributed by atoms with Gasteiger partial charge in [0.25, 0.3) is 5.91 Å². The zero-order chi connectivity index (χ0) is 18.5. The number of hydrogen-bond acceptors (Lipinski definition) is 7. The number of methoxy groups -OCH3 is 1. The van der Waals surface area contributed by atoms with Crippen LogP contribution in [0.5, 0.6) is 5.75 Å². The number of nitrogens with zero attached hydrogens (tertiary/aromatic N) is 4. The number of ether oxygens (including phenoxy) is 1. The molecule has 0 aliphatic carbocycles. The molecule has 3 rings (SSSR count). The molecular formula is C17H15FN6O2. The summed E-state index contributed by atoms with van der Waals surface area (Å²) in [4.78, 5) is 27.9. The van der Waals surface area contributed by atoms with Crippen LogP contribution in [0.15, 0.2) is 43.1 Å². The zero-order valence-electron chi connectivity index (χ0n) is 14.0. The fraction of sp³-hybridized carbons (Fsp3) is 0.118. The number of anilines is 2. The molecule has 3 aromatic rings. The van der Waals surface area contributed by atoms with Crippen molar-refractivity contribution in [1.29, 1.82) is 0 Å². The summed E-state index contributed by atoms with van der Waals surface area (Å²) in [5.74, 6) is 0.194. The Morgan fingerprint density at radius 1 is 1.15 bits per heavy atom. The number of carbonyl (C=O) groups excluding carboxylic acids is 1. The Hall–Kier alpha value is -3.62. The lowest BCUT2D eigenvalue weighted by atomic mass is 10.1. The van der Waals surface area contributed by atoms with E-state index in [-0.39, 0.29) is 11.5 Å². The van der Waals surface area contributed by atoms with Crippen LogP contribution in [-0.2, 0) is 0 Å². The fourth-order valence-corrected chi connectivity index (χ4v) is 2.34. The van der Waals surface area contributed by atoms with Crippen molar-refractivity contribution in [2.75, 3.05) is 19.5 Å². The highest BCUT2D eigenvalue weighted by Gasteiger charge is 2.17. The molecule has 2 N–H and O–H groups in total. The molecule has 0 aliphatic heterocycles. The third-order valence-electron chi connectivity index (χ3n) is 3.52. The van der Waals surface area contributed by atoms with E-state index in [0.717, 1.165) is 12.4 Å². The van der Waals surface area contributed by atoms with Gasteiger partial charge in [0.1, 0.15) is 17.7 Å². The average molecular weight is 354 g/mol. The second-order valence-electron chi connectivity index (χ2n) is 5.10. The molecule has 0 atom stereocenters. The van der Waals surface area contributed by atoms with Crippen molar-refractivity contribution in [1.82, 2.24) is 25.3 Å². The highest BCUT2D eigenvalue weighted by Crippen LogP contribution is 2.36. The third-order valence-corrected chi connectivity index (χ3v) is 3.52. The van der Waals surface area contributed by atoms with Gasteiger partial charge >= 0.3 is 0 Å². The Labute approximate surface area is 148 Å². The Kier molecular flexibility index (Phi) is 4.97. The van der Waals surface area contributed by atoms with Crippen molar-refractivity contribution in [3.8, 4) is 17.1 Å². The molecular weight excluding hydrogens is 339 g/mol. The number of nitrogens with one attached hydrogen (secondary N) is 2. The molecule has 1 aromatic carbocycles. The SMILES string of the molecule is CNC(=O)c1cncnc1Nc1cccc(-c2ncc(F)cn2)c1OC. The lowest BCUT2D eigenvalue weighted by Crippen LogP contribution is -2.20. The summed E-state index contributed by atoms with van der Waals surface area (Å²) >= 11 is 0. The van der Waals surface area contributed by atoms with Gasteiger partial charge in [-0.3, -0.25) is 4.79 Å². The molecule has 0 spiro atoms. The van der Waals surface area contributed by atoms with Crippen molar-refractivity contribution >= 4 is 17.4 Å². The largest absolute Gasteiger partial charge is 0.494 e. The molecule has 0 aliphatic rings. The van der Waals surface area contributed by atoms with Crippen molar-refractivity contribution in [2.45, 2.75) is 0 Å². The van der Waals surface area contributed by atoms with Gasteiger partial charge in [-0.05, 0) is 12.1 Å². The van der Waals surface area contributed by atoms with Crippen molar-refractivity contribution in [2.24, 2.45) is 0 Å². The number of carbonyl (C=O) groups is 1. The first-order chi connectivity index (χ1) is 12.6. The van der Waals surface area contributed by atoms with Crippen molar-refractivity contribution in [3.05, 3.63) is 54.5 Å². The van der Waals surface area contributed by atoms with Crippen LogP contribution in [0.25, 0.3) is 11.4 Å². The maximum atomic E-state index is 13.1. The van der Waals surface area contributed by atoms with Gasteiger partial charge in [-0.1, -0.05) is 6.07 Å². The number of aromatic nitrogens is 4.